The standard InChI is InChI=1S/C17H19F3N4/c1-3-4-12-7-13(8-16-15(12)11-23(2)22-16)14-9-21-24(10-14)6-5-17(18,19)20/h7-11H,3-6H2,1-2H3. The maximum atomic E-state index is 12.3. The van der Waals surface area contributed by atoms with Crippen molar-refractivity contribution in [3.63, 3.8) is 0 Å². The number of hydrogen-bond donors (Lipinski definition) is 0. The normalized spacial score (nSPS) is 12.2. The Kier molecular flexibility index (Phi) is 4.34. The molecule has 128 valence electrons. The van der Waals surface area contributed by atoms with Gasteiger partial charge in [0.05, 0.1) is 18.1 Å². The van der Waals surface area contributed by atoms with Gasteiger partial charge in [-0.15, -0.1) is 0 Å². The zero-order chi connectivity index (χ0) is 17.3. The third-order valence-corrected chi connectivity index (χ3v) is 3.94. The highest BCUT2D eigenvalue weighted by molar-refractivity contribution is 5.87. The fourth-order valence-corrected chi connectivity index (χ4v) is 2.83. The summed E-state index contributed by atoms with van der Waals surface area (Å²) in [4.78, 5) is 0. The fourth-order valence-electron chi connectivity index (χ4n) is 2.83. The first kappa shape index (κ1) is 16.5. The van der Waals surface area contributed by atoms with Crippen LogP contribution in [0.2, 0.25) is 0 Å². The van der Waals surface area contributed by atoms with E-state index in [1.165, 1.54) is 10.2 Å². The van der Waals surface area contributed by atoms with Crippen molar-refractivity contribution >= 4 is 10.9 Å². The second kappa shape index (κ2) is 6.30. The molecule has 0 atom stereocenters. The monoisotopic (exact) mass is 336 g/mol. The lowest BCUT2D eigenvalue weighted by Crippen LogP contribution is -2.12. The molecule has 0 amide bonds. The summed E-state index contributed by atoms with van der Waals surface area (Å²) in [5.74, 6) is 0. The van der Waals surface area contributed by atoms with Crippen molar-refractivity contribution in [2.45, 2.75) is 38.9 Å². The fraction of sp³-hybridized carbons (Fsp3) is 0.412. The zero-order valence-electron chi connectivity index (χ0n) is 13.6. The maximum Gasteiger partial charge on any atom is 0.390 e. The molecular formula is C17H19F3N4. The molecule has 0 saturated carbocycles. The molecule has 1 aromatic carbocycles. The van der Waals surface area contributed by atoms with Crippen molar-refractivity contribution in [1.29, 1.82) is 0 Å². The van der Waals surface area contributed by atoms with Gasteiger partial charge in [-0.3, -0.25) is 9.36 Å². The van der Waals surface area contributed by atoms with Crippen LogP contribution in [-0.2, 0) is 20.0 Å². The summed E-state index contributed by atoms with van der Waals surface area (Å²) in [6, 6.07) is 4.04. The smallest absolute Gasteiger partial charge is 0.275 e. The van der Waals surface area contributed by atoms with Crippen LogP contribution in [0, 0.1) is 0 Å². The Morgan fingerprint density at radius 2 is 1.92 bits per heavy atom. The largest absolute Gasteiger partial charge is 0.390 e. The van der Waals surface area contributed by atoms with E-state index in [1.54, 1.807) is 17.1 Å². The van der Waals surface area contributed by atoms with Crippen LogP contribution in [0.1, 0.15) is 25.3 Å². The van der Waals surface area contributed by atoms with Gasteiger partial charge in [0.25, 0.3) is 0 Å². The van der Waals surface area contributed by atoms with E-state index in [0.29, 0.717) is 0 Å². The molecule has 0 unspecified atom stereocenters. The number of alkyl halides is 3. The predicted molar refractivity (Wildman–Crippen MR) is 86.6 cm³/mol. The van der Waals surface area contributed by atoms with Crippen LogP contribution >= 0.6 is 0 Å². The van der Waals surface area contributed by atoms with Crippen molar-refractivity contribution in [3.8, 4) is 11.1 Å². The lowest BCUT2D eigenvalue weighted by Gasteiger charge is -2.06. The first-order valence-electron chi connectivity index (χ1n) is 7.91. The number of hydrogen-bond acceptors (Lipinski definition) is 2. The second-order valence-electron chi connectivity index (χ2n) is 5.98. The first-order valence-corrected chi connectivity index (χ1v) is 7.91. The van der Waals surface area contributed by atoms with Gasteiger partial charge >= 0.3 is 6.18 Å². The van der Waals surface area contributed by atoms with Crippen LogP contribution in [0.5, 0.6) is 0 Å². The predicted octanol–water partition coefficient (Wildman–Crippen LogP) is 4.34. The number of fused-ring (bicyclic) bond motifs is 1. The SMILES string of the molecule is CCCc1cc(-c2cnn(CCC(F)(F)F)c2)cc2nn(C)cc12. The van der Waals surface area contributed by atoms with E-state index in [0.717, 1.165) is 34.9 Å². The van der Waals surface area contributed by atoms with E-state index in [2.05, 4.69) is 23.2 Å². The molecule has 0 spiro atoms. The van der Waals surface area contributed by atoms with Gasteiger partial charge in [0.2, 0.25) is 0 Å². The van der Waals surface area contributed by atoms with Crippen LogP contribution in [0.3, 0.4) is 0 Å². The molecule has 0 radical (unpaired) electrons. The molecule has 7 heteroatoms. The Bertz CT molecular complexity index is 845. The van der Waals surface area contributed by atoms with Crippen LogP contribution in [0.4, 0.5) is 13.2 Å². The summed E-state index contributed by atoms with van der Waals surface area (Å²) in [5, 5.41) is 9.62. The Morgan fingerprint density at radius 1 is 1.12 bits per heavy atom. The van der Waals surface area contributed by atoms with Crippen molar-refractivity contribution in [2.75, 3.05) is 0 Å². The highest BCUT2D eigenvalue weighted by Crippen LogP contribution is 2.28. The molecule has 2 heterocycles. The minimum Gasteiger partial charge on any atom is -0.275 e. The van der Waals surface area contributed by atoms with Gasteiger partial charge in [0, 0.05) is 36.9 Å². The molecule has 2 aromatic heterocycles. The number of rotatable bonds is 5. The zero-order valence-corrected chi connectivity index (χ0v) is 13.6. The first-order chi connectivity index (χ1) is 11.4. The summed E-state index contributed by atoms with van der Waals surface area (Å²) in [7, 11) is 1.88. The van der Waals surface area contributed by atoms with Crippen molar-refractivity contribution in [1.82, 2.24) is 19.6 Å². The van der Waals surface area contributed by atoms with Gasteiger partial charge in [-0.2, -0.15) is 23.4 Å². The molecule has 0 aliphatic carbocycles. The Morgan fingerprint density at radius 3 is 2.62 bits per heavy atom. The number of halogens is 3. The van der Waals surface area contributed by atoms with Gasteiger partial charge in [-0.25, -0.2) is 0 Å². The molecule has 0 saturated heterocycles. The maximum absolute atomic E-state index is 12.3. The van der Waals surface area contributed by atoms with Crippen LogP contribution in [0.25, 0.3) is 22.0 Å². The molecule has 0 N–H and O–H groups in total. The Hall–Kier alpha value is -2.31. The van der Waals surface area contributed by atoms with Gasteiger partial charge in [0.15, 0.2) is 0 Å². The molecule has 0 aliphatic rings. The molecule has 24 heavy (non-hydrogen) atoms. The topological polar surface area (TPSA) is 35.6 Å². The van der Waals surface area contributed by atoms with Crippen LogP contribution in [0.15, 0.2) is 30.7 Å². The van der Waals surface area contributed by atoms with Gasteiger partial charge in [0.1, 0.15) is 0 Å². The van der Waals surface area contributed by atoms with E-state index in [4.69, 9.17) is 0 Å². The number of benzene rings is 1. The van der Waals surface area contributed by atoms with Crippen molar-refractivity contribution in [2.24, 2.45) is 7.05 Å². The second-order valence-corrected chi connectivity index (χ2v) is 5.98. The minimum atomic E-state index is -4.17. The highest BCUT2D eigenvalue weighted by atomic mass is 19.4. The summed E-state index contributed by atoms with van der Waals surface area (Å²) >= 11 is 0. The summed E-state index contributed by atoms with van der Waals surface area (Å²) < 4.78 is 40.1. The lowest BCUT2D eigenvalue weighted by molar-refractivity contribution is -0.137. The van der Waals surface area contributed by atoms with E-state index >= 15 is 0 Å². The molecule has 4 nitrogen and oxygen atoms in total. The quantitative estimate of drug-likeness (QED) is 0.695. The lowest BCUT2D eigenvalue weighted by atomic mass is 10.00. The van der Waals surface area contributed by atoms with Crippen molar-refractivity contribution < 1.29 is 13.2 Å². The number of nitrogens with zero attached hydrogens (tertiary/aromatic N) is 4. The number of aryl methyl sites for hydroxylation is 3. The third kappa shape index (κ3) is 3.60. The van der Waals surface area contributed by atoms with E-state index in [1.807, 2.05) is 19.3 Å². The third-order valence-electron chi connectivity index (χ3n) is 3.94. The molecule has 0 bridgehead atoms. The molecule has 0 fully saturated rings. The summed E-state index contributed by atoms with van der Waals surface area (Å²) in [6.07, 6.45) is 2.15. The Labute approximate surface area is 137 Å². The van der Waals surface area contributed by atoms with E-state index in [9.17, 15) is 13.2 Å². The molecule has 3 rings (SSSR count). The number of aromatic nitrogens is 4. The summed E-state index contributed by atoms with van der Waals surface area (Å²) in [6.45, 7) is 1.95. The van der Waals surface area contributed by atoms with Crippen LogP contribution < -0.4 is 0 Å². The highest BCUT2D eigenvalue weighted by Gasteiger charge is 2.26. The van der Waals surface area contributed by atoms with Gasteiger partial charge in [-0.05, 0) is 23.6 Å². The van der Waals surface area contributed by atoms with E-state index < -0.39 is 12.6 Å². The Balaban J connectivity index is 1.93. The molecular weight excluding hydrogens is 317 g/mol. The average molecular weight is 336 g/mol. The summed E-state index contributed by atoms with van der Waals surface area (Å²) in [5.41, 5.74) is 3.83. The van der Waals surface area contributed by atoms with Crippen molar-refractivity contribution in [3.05, 3.63) is 36.3 Å². The average Bonchev–Trinajstić information content (AvgIpc) is 3.10. The molecule has 0 aliphatic heterocycles. The van der Waals surface area contributed by atoms with E-state index in [-0.39, 0.29) is 6.54 Å². The van der Waals surface area contributed by atoms with Gasteiger partial charge in [-0.1, -0.05) is 19.4 Å². The molecule has 3 aromatic rings. The van der Waals surface area contributed by atoms with Gasteiger partial charge < -0.3 is 0 Å². The minimum absolute atomic E-state index is 0.169. The van der Waals surface area contributed by atoms with Crippen LogP contribution in [-0.4, -0.2) is 25.7 Å².